The van der Waals surface area contributed by atoms with Crippen molar-refractivity contribution in [3.8, 4) is 11.4 Å². The van der Waals surface area contributed by atoms with Crippen LogP contribution in [0.2, 0.25) is 0 Å². The lowest BCUT2D eigenvalue weighted by Crippen LogP contribution is -2.08. The molecule has 2 heterocycles. The second-order valence-electron chi connectivity index (χ2n) is 6.77. The fraction of sp³-hybridized carbons (Fsp3) is 0.143. The number of benzene rings is 2. The van der Waals surface area contributed by atoms with Crippen LogP contribution in [-0.4, -0.2) is 20.6 Å². The van der Waals surface area contributed by atoms with Gasteiger partial charge in [-0.15, -0.1) is 10.2 Å². The highest BCUT2D eigenvalue weighted by molar-refractivity contribution is 5.88. The Labute approximate surface area is 154 Å². The average molecular weight is 356 g/mol. The van der Waals surface area contributed by atoms with Crippen molar-refractivity contribution >= 4 is 22.6 Å². The van der Waals surface area contributed by atoms with Crippen LogP contribution in [0.5, 0.6) is 0 Å². The first-order valence-corrected chi connectivity index (χ1v) is 8.80. The molecule has 4 aromatic rings. The van der Waals surface area contributed by atoms with Crippen molar-refractivity contribution in [2.75, 3.05) is 0 Å². The van der Waals surface area contributed by atoms with Crippen LogP contribution in [0.4, 0.5) is 0 Å². The lowest BCUT2D eigenvalue weighted by atomic mass is 10.1. The molecule has 0 saturated heterocycles. The van der Waals surface area contributed by atoms with Crippen LogP contribution in [0, 0.1) is 6.92 Å². The van der Waals surface area contributed by atoms with Crippen molar-refractivity contribution in [1.29, 1.82) is 0 Å². The van der Waals surface area contributed by atoms with Crippen LogP contribution in [0.3, 0.4) is 0 Å². The number of hydrogen-bond donors (Lipinski definition) is 1. The summed E-state index contributed by atoms with van der Waals surface area (Å²) in [5.74, 6) is 1.16. The topological polar surface area (TPSA) is 84.7 Å². The molecule has 0 amide bonds. The molecular weight excluding hydrogens is 340 g/mol. The van der Waals surface area contributed by atoms with Gasteiger partial charge in [0.05, 0.1) is 5.39 Å². The molecule has 1 aliphatic carbocycles. The van der Waals surface area contributed by atoms with E-state index in [0.717, 1.165) is 28.7 Å². The van der Waals surface area contributed by atoms with Gasteiger partial charge in [0.15, 0.2) is 5.43 Å². The Balaban J connectivity index is 1.64. The largest absolute Gasteiger partial charge is 0.456 e. The van der Waals surface area contributed by atoms with Gasteiger partial charge in [0.25, 0.3) is 0 Å². The summed E-state index contributed by atoms with van der Waals surface area (Å²) in [4.78, 5) is 13.0. The second kappa shape index (κ2) is 6.02. The first kappa shape index (κ1) is 15.7. The minimum atomic E-state index is 0.0175. The van der Waals surface area contributed by atoms with Gasteiger partial charge in [0.2, 0.25) is 5.82 Å². The van der Waals surface area contributed by atoms with Gasteiger partial charge >= 0.3 is 0 Å². The van der Waals surface area contributed by atoms with Gasteiger partial charge in [-0.3, -0.25) is 4.79 Å². The van der Waals surface area contributed by atoms with Crippen LogP contribution in [0.25, 0.3) is 34.0 Å². The number of aromatic amines is 1. The zero-order chi connectivity index (χ0) is 18.4. The number of nitrogens with one attached hydrogen (secondary N) is 1. The van der Waals surface area contributed by atoms with Crippen LogP contribution in [-0.2, 0) is 6.42 Å². The van der Waals surface area contributed by atoms with E-state index in [0.29, 0.717) is 29.0 Å². The summed E-state index contributed by atoms with van der Waals surface area (Å²) in [6, 6.07) is 13.7. The molecular formula is C21H16N4O2. The van der Waals surface area contributed by atoms with Crippen LogP contribution in [0.1, 0.15) is 28.9 Å². The van der Waals surface area contributed by atoms with E-state index in [1.807, 2.05) is 6.07 Å². The van der Waals surface area contributed by atoms with Crippen molar-refractivity contribution in [3.05, 3.63) is 75.1 Å². The third-order valence-electron chi connectivity index (χ3n) is 4.94. The number of allylic oxidation sites excluding steroid dienone is 1. The highest BCUT2D eigenvalue weighted by Gasteiger charge is 2.24. The molecule has 6 heteroatoms. The number of nitrogens with zero attached hydrogens (tertiary/aromatic N) is 3. The minimum absolute atomic E-state index is 0.0175. The van der Waals surface area contributed by atoms with Gasteiger partial charge in [0, 0.05) is 11.1 Å². The molecule has 2 aromatic heterocycles. The maximum absolute atomic E-state index is 13.0. The van der Waals surface area contributed by atoms with Crippen molar-refractivity contribution in [2.45, 2.75) is 19.8 Å². The van der Waals surface area contributed by atoms with E-state index >= 15 is 0 Å². The molecule has 1 N–H and O–H groups in total. The molecule has 5 rings (SSSR count). The maximum atomic E-state index is 13.0. The van der Waals surface area contributed by atoms with Crippen LogP contribution < -0.4 is 5.43 Å². The minimum Gasteiger partial charge on any atom is -0.456 e. The molecule has 0 saturated carbocycles. The van der Waals surface area contributed by atoms with Crippen molar-refractivity contribution in [2.24, 2.45) is 0 Å². The second-order valence-corrected chi connectivity index (χ2v) is 6.77. The van der Waals surface area contributed by atoms with E-state index in [4.69, 9.17) is 4.42 Å². The molecule has 0 fully saturated rings. The molecule has 0 atom stereocenters. The normalized spacial score (nSPS) is 14.8. The summed E-state index contributed by atoms with van der Waals surface area (Å²) in [6.45, 7) is 2.07. The SMILES string of the molecule is Cc1ccc(/C=C2\CCc3c2oc2ccc(-c4nn[nH]n4)cc2c3=O)cc1. The molecule has 2 aromatic carbocycles. The van der Waals surface area contributed by atoms with Crippen LogP contribution >= 0.6 is 0 Å². The third kappa shape index (κ3) is 2.66. The van der Waals surface area contributed by atoms with E-state index in [9.17, 15) is 4.79 Å². The van der Waals surface area contributed by atoms with Gasteiger partial charge in [0.1, 0.15) is 11.3 Å². The molecule has 1 aliphatic rings. The van der Waals surface area contributed by atoms with Crippen LogP contribution in [0.15, 0.2) is 51.7 Å². The number of fused-ring (bicyclic) bond motifs is 2. The fourth-order valence-electron chi connectivity index (χ4n) is 3.52. The standard InChI is InChI=1S/C21H16N4O2/c1-12-2-4-13(5-3-12)10-14-6-8-16-19(26)17-11-15(21-22-24-25-23-21)7-9-18(17)27-20(14)16/h2-5,7,9-11H,6,8H2,1H3,(H,22,23,24,25)/b14-10+. The third-order valence-corrected chi connectivity index (χ3v) is 4.94. The Bertz CT molecular complexity index is 1240. The predicted molar refractivity (Wildman–Crippen MR) is 103 cm³/mol. The Morgan fingerprint density at radius 1 is 1.11 bits per heavy atom. The fourth-order valence-corrected chi connectivity index (χ4v) is 3.52. The molecule has 0 aliphatic heterocycles. The molecule has 132 valence electrons. The number of aryl methyl sites for hydroxylation is 1. The summed E-state index contributed by atoms with van der Waals surface area (Å²) in [6.07, 6.45) is 3.60. The number of aromatic nitrogens is 4. The first-order valence-electron chi connectivity index (χ1n) is 8.80. The smallest absolute Gasteiger partial charge is 0.204 e. The summed E-state index contributed by atoms with van der Waals surface area (Å²) >= 11 is 0. The van der Waals surface area contributed by atoms with Crippen molar-refractivity contribution in [1.82, 2.24) is 20.6 Å². The lowest BCUT2D eigenvalue weighted by molar-refractivity contribution is 0.585. The summed E-state index contributed by atoms with van der Waals surface area (Å²) in [7, 11) is 0. The lowest BCUT2D eigenvalue weighted by Gasteiger charge is -2.05. The zero-order valence-electron chi connectivity index (χ0n) is 14.7. The summed E-state index contributed by atoms with van der Waals surface area (Å²) in [5, 5.41) is 14.5. The Kier molecular flexibility index (Phi) is 3.50. The number of tetrazole rings is 1. The summed E-state index contributed by atoms with van der Waals surface area (Å²) < 4.78 is 6.13. The zero-order valence-corrected chi connectivity index (χ0v) is 14.7. The highest BCUT2D eigenvalue weighted by Crippen LogP contribution is 2.34. The predicted octanol–water partition coefficient (Wildman–Crippen LogP) is 3.77. The van der Waals surface area contributed by atoms with E-state index in [-0.39, 0.29) is 5.43 Å². The molecule has 0 radical (unpaired) electrons. The van der Waals surface area contributed by atoms with Gasteiger partial charge in [-0.1, -0.05) is 29.8 Å². The molecule has 0 spiro atoms. The molecule has 0 bridgehead atoms. The Morgan fingerprint density at radius 3 is 2.74 bits per heavy atom. The van der Waals surface area contributed by atoms with Crippen molar-refractivity contribution < 1.29 is 4.42 Å². The summed E-state index contributed by atoms with van der Waals surface area (Å²) in [5.41, 5.74) is 5.46. The van der Waals surface area contributed by atoms with Gasteiger partial charge in [-0.05, 0) is 60.4 Å². The van der Waals surface area contributed by atoms with Gasteiger partial charge in [-0.2, -0.15) is 5.21 Å². The first-order chi connectivity index (χ1) is 13.2. The monoisotopic (exact) mass is 356 g/mol. The molecule has 6 nitrogen and oxygen atoms in total. The van der Waals surface area contributed by atoms with E-state index in [2.05, 4.69) is 57.9 Å². The molecule has 0 unspecified atom stereocenters. The van der Waals surface area contributed by atoms with E-state index < -0.39 is 0 Å². The Hall–Kier alpha value is -3.54. The number of rotatable bonds is 2. The average Bonchev–Trinajstić information content (AvgIpc) is 3.35. The quantitative estimate of drug-likeness (QED) is 0.591. The van der Waals surface area contributed by atoms with E-state index in [1.54, 1.807) is 12.1 Å². The Morgan fingerprint density at radius 2 is 1.96 bits per heavy atom. The van der Waals surface area contributed by atoms with Crippen molar-refractivity contribution in [3.63, 3.8) is 0 Å². The van der Waals surface area contributed by atoms with Gasteiger partial charge in [-0.25, -0.2) is 0 Å². The van der Waals surface area contributed by atoms with Gasteiger partial charge < -0.3 is 4.42 Å². The molecule has 27 heavy (non-hydrogen) atoms. The number of H-pyrrole nitrogens is 1. The number of hydrogen-bond acceptors (Lipinski definition) is 5. The maximum Gasteiger partial charge on any atom is 0.204 e. The van der Waals surface area contributed by atoms with E-state index in [1.165, 1.54) is 5.56 Å². The highest BCUT2D eigenvalue weighted by atomic mass is 16.3.